The molecule has 92 valence electrons. The number of rotatable bonds is 3. The number of hydrogen-bond acceptors (Lipinski definition) is 5. The van der Waals surface area contributed by atoms with Gasteiger partial charge >= 0.3 is 0 Å². The van der Waals surface area contributed by atoms with Crippen LogP contribution in [0.25, 0.3) is 11.0 Å². The minimum atomic E-state index is -0.191. The van der Waals surface area contributed by atoms with Crippen molar-refractivity contribution in [2.45, 2.75) is 6.04 Å². The molecule has 3 aromatic rings. The van der Waals surface area contributed by atoms with Crippen LogP contribution in [0.2, 0.25) is 5.02 Å². The third-order valence-corrected chi connectivity index (χ3v) is 3.76. The first-order chi connectivity index (χ1) is 8.78. The average molecular weight is 280 g/mol. The maximum absolute atomic E-state index is 5.95. The zero-order valence-electron chi connectivity index (χ0n) is 9.26. The fourth-order valence-electron chi connectivity index (χ4n) is 1.85. The zero-order chi connectivity index (χ0) is 12.5. The summed E-state index contributed by atoms with van der Waals surface area (Å²) >= 11 is 7.47. The first-order valence-electron chi connectivity index (χ1n) is 5.31. The van der Waals surface area contributed by atoms with Crippen molar-refractivity contribution in [2.24, 2.45) is 5.84 Å². The Morgan fingerprint density at radius 2 is 2.28 bits per heavy atom. The third-order valence-electron chi connectivity index (χ3n) is 2.68. The predicted molar refractivity (Wildman–Crippen MR) is 72.5 cm³/mol. The molecule has 1 aromatic carbocycles. The molecule has 2 aromatic heterocycles. The molecule has 2 heterocycles. The van der Waals surface area contributed by atoms with Crippen LogP contribution in [0.3, 0.4) is 0 Å². The molecular formula is C12H10ClN3OS. The summed E-state index contributed by atoms with van der Waals surface area (Å²) in [5.74, 6) is 6.34. The molecule has 3 N–H and O–H groups in total. The second kappa shape index (κ2) is 4.70. The first kappa shape index (κ1) is 11.7. The van der Waals surface area contributed by atoms with Gasteiger partial charge in [-0.3, -0.25) is 10.8 Å². The molecule has 0 bridgehead atoms. The van der Waals surface area contributed by atoms with Crippen LogP contribution in [-0.4, -0.2) is 4.98 Å². The number of halogens is 1. The Bertz CT molecular complexity index is 665. The highest BCUT2D eigenvalue weighted by Gasteiger charge is 2.18. The van der Waals surface area contributed by atoms with Crippen molar-refractivity contribution >= 4 is 33.9 Å². The first-order valence-corrected chi connectivity index (χ1v) is 6.57. The number of aromatic nitrogens is 1. The minimum Gasteiger partial charge on any atom is -0.459 e. The fourth-order valence-corrected chi connectivity index (χ4v) is 2.72. The van der Waals surface area contributed by atoms with Gasteiger partial charge in [-0.2, -0.15) is 0 Å². The quantitative estimate of drug-likeness (QED) is 0.571. The number of nitrogens with one attached hydrogen (secondary N) is 1. The van der Waals surface area contributed by atoms with E-state index in [0.717, 1.165) is 21.6 Å². The average Bonchev–Trinajstić information content (AvgIpc) is 2.98. The number of fused-ring (bicyclic) bond motifs is 1. The molecule has 0 fully saturated rings. The molecule has 0 radical (unpaired) electrons. The van der Waals surface area contributed by atoms with E-state index in [1.54, 1.807) is 17.8 Å². The van der Waals surface area contributed by atoms with Gasteiger partial charge in [-0.05, 0) is 24.3 Å². The molecule has 0 saturated heterocycles. The monoisotopic (exact) mass is 279 g/mol. The molecule has 3 rings (SSSR count). The number of furan rings is 1. The summed E-state index contributed by atoms with van der Waals surface area (Å²) in [6, 6.07) is 7.26. The summed E-state index contributed by atoms with van der Waals surface area (Å²) < 4.78 is 5.78. The van der Waals surface area contributed by atoms with E-state index in [1.165, 1.54) is 11.3 Å². The highest BCUT2D eigenvalue weighted by molar-refractivity contribution is 7.09. The lowest BCUT2D eigenvalue weighted by Crippen LogP contribution is -2.27. The van der Waals surface area contributed by atoms with Gasteiger partial charge in [0.05, 0.1) is 10.4 Å². The summed E-state index contributed by atoms with van der Waals surface area (Å²) in [7, 11) is 0. The van der Waals surface area contributed by atoms with Crippen molar-refractivity contribution in [1.82, 2.24) is 10.4 Å². The highest BCUT2D eigenvalue weighted by Crippen LogP contribution is 2.30. The van der Waals surface area contributed by atoms with Crippen molar-refractivity contribution in [3.63, 3.8) is 0 Å². The summed E-state index contributed by atoms with van der Waals surface area (Å²) in [5, 5.41) is 1.65. The number of nitrogens with zero attached hydrogens (tertiary/aromatic N) is 1. The van der Waals surface area contributed by atoms with Crippen LogP contribution in [0.1, 0.15) is 16.7 Å². The van der Waals surface area contributed by atoms with Gasteiger partial charge in [-0.1, -0.05) is 11.6 Å². The number of benzene rings is 1. The molecule has 6 heteroatoms. The van der Waals surface area contributed by atoms with Crippen molar-refractivity contribution in [3.05, 3.63) is 51.6 Å². The molecular weight excluding hydrogens is 270 g/mol. The topological polar surface area (TPSA) is 64.1 Å². The van der Waals surface area contributed by atoms with Gasteiger partial charge in [-0.15, -0.1) is 11.3 Å². The summed E-state index contributed by atoms with van der Waals surface area (Å²) in [5.41, 5.74) is 5.29. The predicted octanol–water partition coefficient (Wildman–Crippen LogP) is 3.10. The van der Waals surface area contributed by atoms with E-state index < -0.39 is 0 Å². The molecule has 0 amide bonds. The van der Waals surface area contributed by atoms with Gasteiger partial charge in [0.1, 0.15) is 17.4 Å². The van der Waals surface area contributed by atoms with E-state index in [-0.39, 0.29) is 6.04 Å². The highest BCUT2D eigenvalue weighted by atomic mass is 35.5. The van der Waals surface area contributed by atoms with Crippen LogP contribution >= 0.6 is 22.9 Å². The second-order valence-corrected chi connectivity index (χ2v) is 5.19. The standard InChI is InChI=1S/C12H10ClN3OS/c13-8-1-2-9-7(3-8)4-10(17-9)12(16-14)11-5-15-6-18-11/h1-6,12,16H,14H2. The van der Waals surface area contributed by atoms with Gasteiger partial charge in [0.25, 0.3) is 0 Å². The number of hydrazine groups is 1. The lowest BCUT2D eigenvalue weighted by molar-refractivity contribution is 0.481. The zero-order valence-corrected chi connectivity index (χ0v) is 10.8. The SMILES string of the molecule is NNC(c1cc2cc(Cl)ccc2o1)c1cncs1. The lowest BCUT2D eigenvalue weighted by Gasteiger charge is -2.09. The Morgan fingerprint density at radius 3 is 3.00 bits per heavy atom. The van der Waals surface area contributed by atoms with E-state index in [9.17, 15) is 0 Å². The Balaban J connectivity index is 2.07. The molecule has 0 aliphatic heterocycles. The lowest BCUT2D eigenvalue weighted by atomic mass is 10.2. The molecule has 0 aliphatic rings. The Morgan fingerprint density at radius 1 is 1.39 bits per heavy atom. The second-order valence-electron chi connectivity index (χ2n) is 3.83. The van der Waals surface area contributed by atoms with Crippen molar-refractivity contribution < 1.29 is 4.42 Å². The van der Waals surface area contributed by atoms with Crippen molar-refractivity contribution in [1.29, 1.82) is 0 Å². The molecule has 0 aliphatic carbocycles. The van der Waals surface area contributed by atoms with E-state index >= 15 is 0 Å². The third kappa shape index (κ3) is 2.02. The summed E-state index contributed by atoms with van der Waals surface area (Å²) in [6.45, 7) is 0. The molecule has 1 atom stereocenters. The largest absolute Gasteiger partial charge is 0.459 e. The molecule has 0 saturated carbocycles. The van der Waals surface area contributed by atoms with Gasteiger partial charge in [0.2, 0.25) is 0 Å². The van der Waals surface area contributed by atoms with Crippen molar-refractivity contribution in [3.8, 4) is 0 Å². The van der Waals surface area contributed by atoms with Crippen LogP contribution < -0.4 is 11.3 Å². The van der Waals surface area contributed by atoms with Gasteiger partial charge in [-0.25, -0.2) is 5.43 Å². The van der Waals surface area contributed by atoms with Gasteiger partial charge < -0.3 is 4.42 Å². The fraction of sp³-hybridized carbons (Fsp3) is 0.0833. The van der Waals surface area contributed by atoms with E-state index in [1.807, 2.05) is 18.2 Å². The smallest absolute Gasteiger partial charge is 0.134 e. The number of nitrogens with two attached hydrogens (primary N) is 1. The van der Waals surface area contributed by atoms with E-state index in [0.29, 0.717) is 5.02 Å². The van der Waals surface area contributed by atoms with Crippen LogP contribution in [0.15, 0.2) is 40.4 Å². The Kier molecular flexibility index (Phi) is 3.05. The number of thiazole rings is 1. The maximum Gasteiger partial charge on any atom is 0.134 e. The maximum atomic E-state index is 5.95. The Labute approximate surface area is 112 Å². The normalized spacial score (nSPS) is 13.0. The van der Waals surface area contributed by atoms with Crippen LogP contribution in [0.4, 0.5) is 0 Å². The summed E-state index contributed by atoms with van der Waals surface area (Å²) in [6.07, 6.45) is 1.77. The summed E-state index contributed by atoms with van der Waals surface area (Å²) in [4.78, 5) is 5.05. The Hall–Kier alpha value is -1.40. The molecule has 4 nitrogen and oxygen atoms in total. The van der Waals surface area contributed by atoms with Crippen molar-refractivity contribution in [2.75, 3.05) is 0 Å². The minimum absolute atomic E-state index is 0.191. The van der Waals surface area contributed by atoms with E-state index in [4.69, 9.17) is 21.9 Å². The van der Waals surface area contributed by atoms with Gasteiger partial charge in [0, 0.05) is 16.6 Å². The van der Waals surface area contributed by atoms with E-state index in [2.05, 4.69) is 10.4 Å². The van der Waals surface area contributed by atoms with Crippen LogP contribution in [-0.2, 0) is 0 Å². The molecule has 18 heavy (non-hydrogen) atoms. The van der Waals surface area contributed by atoms with Crippen LogP contribution in [0.5, 0.6) is 0 Å². The van der Waals surface area contributed by atoms with Gasteiger partial charge in [0.15, 0.2) is 0 Å². The van der Waals surface area contributed by atoms with Crippen LogP contribution in [0, 0.1) is 0 Å². The molecule has 1 unspecified atom stereocenters. The number of hydrogen-bond donors (Lipinski definition) is 2. The molecule has 0 spiro atoms.